The van der Waals surface area contributed by atoms with E-state index in [-0.39, 0.29) is 41.8 Å². The van der Waals surface area contributed by atoms with Crippen LogP contribution >= 0.6 is 12.2 Å². The van der Waals surface area contributed by atoms with Crippen LogP contribution in [0.2, 0.25) is 0 Å². The summed E-state index contributed by atoms with van der Waals surface area (Å²) in [5, 5.41) is 8.05. The summed E-state index contributed by atoms with van der Waals surface area (Å²) in [4.78, 5) is 17.3. The maximum Gasteiger partial charge on any atom is 0.170 e. The molecule has 2 heterocycles. The monoisotopic (exact) mass is 543 g/mol. The summed E-state index contributed by atoms with van der Waals surface area (Å²) in [5.41, 5.74) is 4.35. The second kappa shape index (κ2) is 11.6. The minimum Gasteiger partial charge on any atom is -0.359 e. The Balaban J connectivity index is 1.60. The molecule has 2 aliphatic rings. The Morgan fingerprint density at radius 3 is 1.45 bits per heavy atom. The van der Waals surface area contributed by atoms with Crippen LogP contribution < -0.4 is 10.6 Å². The molecule has 6 rings (SSSR count). The third kappa shape index (κ3) is 4.76. The van der Waals surface area contributed by atoms with Crippen molar-refractivity contribution < 1.29 is 4.79 Å². The Hall–Kier alpha value is -4.06. The Kier molecular flexibility index (Phi) is 7.58. The largest absolute Gasteiger partial charge is 0.359 e. The summed E-state index contributed by atoms with van der Waals surface area (Å²) < 4.78 is 0. The first-order valence-corrected chi connectivity index (χ1v) is 14.3. The van der Waals surface area contributed by atoms with E-state index in [9.17, 15) is 4.79 Å². The molecule has 4 aromatic rings. The van der Waals surface area contributed by atoms with E-state index in [0.717, 1.165) is 22.3 Å². The van der Waals surface area contributed by atoms with Gasteiger partial charge in [0.15, 0.2) is 5.11 Å². The minimum atomic E-state index is -0.349. The third-order valence-electron chi connectivity index (χ3n) is 8.25. The molecule has 200 valence electrons. The lowest BCUT2D eigenvalue weighted by Gasteiger charge is -2.57. The Morgan fingerprint density at radius 1 is 0.700 bits per heavy atom. The number of nitrogens with zero attached hydrogens (tertiary/aromatic N) is 1. The van der Waals surface area contributed by atoms with E-state index >= 15 is 0 Å². The fourth-order valence-electron chi connectivity index (χ4n) is 6.61. The number of Topliss-reactive ketones (excluding diaryl/α,β-unsaturated/α-hetero) is 1. The maximum absolute atomic E-state index is 15.0. The number of nitrogens with one attached hydrogen (secondary N) is 2. The van der Waals surface area contributed by atoms with Crippen LogP contribution in [0.5, 0.6) is 0 Å². The average Bonchev–Trinajstić information content (AvgIpc) is 3.01. The highest BCUT2D eigenvalue weighted by molar-refractivity contribution is 7.80. The zero-order valence-corrected chi connectivity index (χ0v) is 23.1. The number of benzene rings is 4. The van der Waals surface area contributed by atoms with Crippen LogP contribution in [0.25, 0.3) is 0 Å². The summed E-state index contributed by atoms with van der Waals surface area (Å²) >= 11 is 6.16. The Morgan fingerprint density at radius 2 is 1.07 bits per heavy atom. The fraction of sp³-hybridized carbons (Fsp3) is 0.200. The van der Waals surface area contributed by atoms with Gasteiger partial charge in [0, 0.05) is 18.6 Å². The molecule has 6 unspecified atom stereocenters. The molecule has 0 saturated carbocycles. The van der Waals surface area contributed by atoms with Crippen LogP contribution in [0.15, 0.2) is 134 Å². The molecule has 0 amide bonds. The van der Waals surface area contributed by atoms with Crippen molar-refractivity contribution in [1.29, 1.82) is 0 Å². The van der Waals surface area contributed by atoms with Crippen molar-refractivity contribution in [2.75, 3.05) is 6.54 Å². The molecular weight excluding hydrogens is 510 g/mol. The smallest absolute Gasteiger partial charge is 0.170 e. The zero-order valence-electron chi connectivity index (χ0n) is 22.3. The van der Waals surface area contributed by atoms with Crippen LogP contribution in [-0.2, 0) is 4.79 Å². The second-order valence-electron chi connectivity index (χ2n) is 10.5. The van der Waals surface area contributed by atoms with E-state index < -0.39 is 0 Å². The van der Waals surface area contributed by atoms with Gasteiger partial charge in [-0.25, -0.2) is 0 Å². The lowest BCUT2D eigenvalue weighted by molar-refractivity contribution is -0.145. The molecule has 2 aliphatic heterocycles. The van der Waals surface area contributed by atoms with Crippen molar-refractivity contribution in [2.24, 2.45) is 11.8 Å². The number of ketones is 1. The highest BCUT2D eigenvalue weighted by Gasteiger charge is 2.58. The van der Waals surface area contributed by atoms with Gasteiger partial charge in [-0.15, -0.1) is 6.58 Å². The van der Waals surface area contributed by atoms with Crippen LogP contribution in [0, 0.1) is 11.8 Å². The van der Waals surface area contributed by atoms with Gasteiger partial charge in [-0.1, -0.05) is 127 Å². The average molecular weight is 544 g/mol. The van der Waals surface area contributed by atoms with Crippen molar-refractivity contribution in [3.8, 4) is 0 Å². The maximum atomic E-state index is 15.0. The molecule has 0 spiro atoms. The van der Waals surface area contributed by atoms with Gasteiger partial charge in [0.25, 0.3) is 0 Å². The number of thiocarbonyl (C=S) groups is 1. The van der Waals surface area contributed by atoms with Gasteiger partial charge in [0.1, 0.15) is 5.78 Å². The fourth-order valence-corrected chi connectivity index (χ4v) is 6.92. The first kappa shape index (κ1) is 26.2. The van der Waals surface area contributed by atoms with Crippen LogP contribution in [-0.4, -0.2) is 22.3 Å². The van der Waals surface area contributed by atoms with Gasteiger partial charge in [-0.2, -0.15) is 0 Å². The van der Waals surface area contributed by atoms with Gasteiger partial charge in [0.2, 0.25) is 0 Å². The minimum absolute atomic E-state index is 0.193. The lowest BCUT2D eigenvalue weighted by Crippen LogP contribution is -2.63. The molecule has 40 heavy (non-hydrogen) atoms. The highest BCUT2D eigenvalue weighted by Crippen LogP contribution is 2.56. The van der Waals surface area contributed by atoms with E-state index in [2.05, 4.69) is 70.6 Å². The molecule has 4 nitrogen and oxygen atoms in total. The summed E-state index contributed by atoms with van der Waals surface area (Å²) in [6.07, 6.45) is 1.82. The van der Waals surface area contributed by atoms with Crippen molar-refractivity contribution in [3.63, 3.8) is 0 Å². The van der Waals surface area contributed by atoms with Gasteiger partial charge in [0.05, 0.1) is 23.9 Å². The van der Waals surface area contributed by atoms with E-state index in [1.807, 2.05) is 78.9 Å². The highest BCUT2D eigenvalue weighted by atomic mass is 32.1. The number of fused-ring (bicyclic) bond motifs is 2. The van der Waals surface area contributed by atoms with Crippen molar-refractivity contribution in [3.05, 3.63) is 156 Å². The SMILES string of the molecule is C=CCNC(=S)N1C(c2ccccc2)C2C(=O)C(C(c3ccccc3)NC2c2ccccc2)C1c1ccccc1. The molecule has 2 saturated heterocycles. The molecular formula is C35H33N3OS. The standard InChI is InChI=1S/C35H33N3OS/c1-2-23-36-35(40)38-32(26-19-11-5-12-20-26)28-30(24-15-7-3-8-16-24)37-31(25-17-9-4-10-18-25)29(34(28)39)33(38)27-21-13-6-14-22-27/h2-22,28-33,37H,1,23H2,(H,36,40). The van der Waals surface area contributed by atoms with Crippen LogP contribution in [0.4, 0.5) is 0 Å². The van der Waals surface area contributed by atoms with E-state index in [4.69, 9.17) is 12.2 Å². The Labute approximate surface area is 241 Å². The molecule has 6 atom stereocenters. The normalized spacial score (nSPS) is 25.7. The van der Waals surface area contributed by atoms with E-state index in [0.29, 0.717) is 11.7 Å². The number of carbonyl (C=O) groups excluding carboxylic acids is 1. The predicted octanol–water partition coefficient (Wildman–Crippen LogP) is 6.73. The van der Waals surface area contributed by atoms with Crippen molar-refractivity contribution >= 4 is 23.1 Å². The van der Waals surface area contributed by atoms with E-state index in [1.54, 1.807) is 0 Å². The van der Waals surface area contributed by atoms with Crippen molar-refractivity contribution in [2.45, 2.75) is 24.2 Å². The number of piperidine rings is 2. The molecule has 0 radical (unpaired) electrons. The van der Waals surface area contributed by atoms with Gasteiger partial charge < -0.3 is 15.5 Å². The predicted molar refractivity (Wildman–Crippen MR) is 164 cm³/mol. The first-order valence-electron chi connectivity index (χ1n) is 13.9. The number of likely N-dealkylation sites (tertiary alicyclic amines) is 1. The molecule has 2 N–H and O–H groups in total. The third-order valence-corrected chi connectivity index (χ3v) is 8.60. The first-order chi connectivity index (χ1) is 19.7. The van der Waals surface area contributed by atoms with Crippen LogP contribution in [0.1, 0.15) is 46.4 Å². The zero-order chi connectivity index (χ0) is 27.5. The van der Waals surface area contributed by atoms with Crippen molar-refractivity contribution in [1.82, 2.24) is 15.5 Å². The van der Waals surface area contributed by atoms with Gasteiger partial charge in [-0.3, -0.25) is 4.79 Å². The molecule has 0 aromatic heterocycles. The molecule has 2 bridgehead atoms. The van der Waals surface area contributed by atoms with Crippen LogP contribution in [0.3, 0.4) is 0 Å². The molecule has 0 aliphatic carbocycles. The van der Waals surface area contributed by atoms with Gasteiger partial charge >= 0.3 is 0 Å². The quantitative estimate of drug-likeness (QED) is 0.209. The molecule has 5 heteroatoms. The summed E-state index contributed by atoms with van der Waals surface area (Å²) in [5.74, 6) is -0.427. The second-order valence-corrected chi connectivity index (χ2v) is 10.9. The number of carbonyl (C=O) groups is 1. The molecule has 4 aromatic carbocycles. The number of rotatable bonds is 6. The lowest BCUT2D eigenvalue weighted by atomic mass is 9.63. The molecule has 2 fully saturated rings. The van der Waals surface area contributed by atoms with Gasteiger partial charge in [-0.05, 0) is 34.5 Å². The number of hydrogen-bond acceptors (Lipinski definition) is 3. The summed E-state index contributed by atoms with van der Waals surface area (Å²) in [6, 6.07) is 40.5. The Bertz CT molecular complexity index is 1360. The topological polar surface area (TPSA) is 44.4 Å². The number of hydrogen-bond donors (Lipinski definition) is 2. The summed E-state index contributed by atoms with van der Waals surface area (Å²) in [6.45, 7) is 4.45. The van der Waals surface area contributed by atoms with E-state index in [1.165, 1.54) is 0 Å². The summed E-state index contributed by atoms with van der Waals surface area (Å²) in [7, 11) is 0.